The van der Waals surface area contributed by atoms with Crippen LogP contribution in [0.5, 0.6) is 5.75 Å². The van der Waals surface area contributed by atoms with E-state index in [4.69, 9.17) is 4.74 Å². The van der Waals surface area contributed by atoms with E-state index < -0.39 is 15.9 Å². The van der Waals surface area contributed by atoms with Crippen LogP contribution in [0.4, 0.5) is 5.13 Å². The summed E-state index contributed by atoms with van der Waals surface area (Å²) in [5.74, 6) is 0.474. The van der Waals surface area contributed by atoms with Gasteiger partial charge in [0, 0.05) is 25.3 Å². The molecule has 2 amide bonds. The molecule has 2 heterocycles. The van der Waals surface area contributed by atoms with E-state index in [0.717, 1.165) is 9.31 Å². The Morgan fingerprint density at radius 3 is 2.34 bits per heavy atom. The largest absolute Gasteiger partial charge is 0.494 e. The third-order valence-electron chi connectivity index (χ3n) is 5.51. The van der Waals surface area contributed by atoms with Crippen LogP contribution in [0.25, 0.3) is 5.69 Å². The summed E-state index contributed by atoms with van der Waals surface area (Å²) in [6.45, 7) is 4.24. The van der Waals surface area contributed by atoms with Gasteiger partial charge in [-0.15, -0.1) is 20.4 Å². The average molecular weight is 617 g/mol. The van der Waals surface area contributed by atoms with Gasteiger partial charge in [-0.05, 0) is 62.4 Å². The lowest BCUT2D eigenvalue weighted by molar-refractivity contribution is -0.113. The fourth-order valence-electron chi connectivity index (χ4n) is 3.51. The fourth-order valence-corrected chi connectivity index (χ4v) is 5.79. The van der Waals surface area contributed by atoms with Crippen LogP contribution in [0.3, 0.4) is 0 Å². The van der Waals surface area contributed by atoms with Gasteiger partial charge in [0.2, 0.25) is 21.1 Å². The van der Waals surface area contributed by atoms with Gasteiger partial charge in [0.15, 0.2) is 11.0 Å². The lowest BCUT2D eigenvalue weighted by Crippen LogP contribution is -2.25. The third-order valence-corrected chi connectivity index (χ3v) is 9.03. The van der Waals surface area contributed by atoms with E-state index in [1.807, 2.05) is 31.2 Å². The molecule has 4 aromatic rings. The number of thioether (sulfide) groups is 1. The van der Waals surface area contributed by atoms with Crippen LogP contribution in [0.2, 0.25) is 0 Å². The molecule has 2 N–H and O–H groups in total. The van der Waals surface area contributed by atoms with Crippen molar-refractivity contribution in [1.29, 1.82) is 0 Å². The number of hydrogen-bond acceptors (Lipinski definition) is 11. The van der Waals surface area contributed by atoms with Crippen molar-refractivity contribution in [3.8, 4) is 11.4 Å². The molecule has 2 aromatic carbocycles. The molecule has 0 saturated carbocycles. The zero-order chi connectivity index (χ0) is 29.6. The topological polar surface area (TPSA) is 161 Å². The molecular weight excluding hydrogens is 589 g/mol. The quantitative estimate of drug-likeness (QED) is 0.227. The Hall–Kier alpha value is -3.86. The second kappa shape index (κ2) is 13.2. The van der Waals surface area contributed by atoms with E-state index in [2.05, 4.69) is 31.0 Å². The molecule has 0 spiro atoms. The molecule has 0 bridgehead atoms. The Morgan fingerprint density at radius 1 is 1.02 bits per heavy atom. The minimum absolute atomic E-state index is 0.0214. The first-order chi connectivity index (χ1) is 19.6. The summed E-state index contributed by atoms with van der Waals surface area (Å²) in [4.78, 5) is 25.4. The van der Waals surface area contributed by atoms with Crippen LogP contribution in [-0.4, -0.2) is 76.0 Å². The monoisotopic (exact) mass is 616 g/mol. The van der Waals surface area contributed by atoms with Gasteiger partial charge in [-0.1, -0.05) is 23.1 Å². The maximum absolute atomic E-state index is 12.9. The SMILES string of the molecule is CCOc1ccc(-n2c(CNC(=O)c3ccc(S(=O)(=O)N(C)C)cc3)nnc2SCC(=O)Nc2nnc(C)s2)cc1. The van der Waals surface area contributed by atoms with Crippen molar-refractivity contribution in [3.63, 3.8) is 0 Å². The molecule has 4 rings (SSSR count). The zero-order valence-electron chi connectivity index (χ0n) is 22.7. The minimum atomic E-state index is -3.61. The van der Waals surface area contributed by atoms with E-state index in [9.17, 15) is 18.0 Å². The van der Waals surface area contributed by atoms with Crippen LogP contribution in [0.15, 0.2) is 58.6 Å². The van der Waals surface area contributed by atoms with E-state index in [1.165, 1.54) is 61.5 Å². The first-order valence-electron chi connectivity index (χ1n) is 12.3. The number of aryl methyl sites for hydroxylation is 1. The number of nitrogens with zero attached hydrogens (tertiary/aromatic N) is 6. The molecule has 41 heavy (non-hydrogen) atoms. The first-order valence-corrected chi connectivity index (χ1v) is 15.5. The van der Waals surface area contributed by atoms with Crippen molar-refractivity contribution in [2.24, 2.45) is 0 Å². The highest BCUT2D eigenvalue weighted by molar-refractivity contribution is 7.99. The number of aromatic nitrogens is 5. The Balaban J connectivity index is 1.50. The molecule has 216 valence electrons. The van der Waals surface area contributed by atoms with Crippen molar-refractivity contribution < 1.29 is 22.7 Å². The fraction of sp³-hybridized carbons (Fsp3) is 0.280. The number of carbonyl (C=O) groups excluding carboxylic acids is 2. The highest BCUT2D eigenvalue weighted by Crippen LogP contribution is 2.25. The Kier molecular flexibility index (Phi) is 9.69. The van der Waals surface area contributed by atoms with Gasteiger partial charge in [0.1, 0.15) is 10.8 Å². The first kappa shape index (κ1) is 30.1. The van der Waals surface area contributed by atoms with Gasteiger partial charge in [0.05, 0.1) is 23.8 Å². The van der Waals surface area contributed by atoms with Crippen LogP contribution in [0, 0.1) is 6.92 Å². The van der Waals surface area contributed by atoms with E-state index >= 15 is 0 Å². The number of amides is 2. The van der Waals surface area contributed by atoms with E-state index in [-0.39, 0.29) is 28.7 Å². The zero-order valence-corrected chi connectivity index (χ0v) is 25.1. The third kappa shape index (κ3) is 7.46. The molecule has 0 fully saturated rings. The summed E-state index contributed by atoms with van der Waals surface area (Å²) in [6, 6.07) is 12.9. The minimum Gasteiger partial charge on any atom is -0.494 e. The maximum Gasteiger partial charge on any atom is 0.251 e. The molecule has 0 saturated heterocycles. The number of anilines is 1. The van der Waals surface area contributed by atoms with Crippen LogP contribution >= 0.6 is 23.1 Å². The normalized spacial score (nSPS) is 11.4. The van der Waals surface area contributed by atoms with Crippen LogP contribution in [-0.2, 0) is 21.4 Å². The van der Waals surface area contributed by atoms with Crippen molar-refractivity contribution in [2.45, 2.75) is 30.4 Å². The molecule has 0 aliphatic rings. The molecule has 16 heteroatoms. The van der Waals surface area contributed by atoms with Gasteiger partial charge in [-0.3, -0.25) is 19.5 Å². The van der Waals surface area contributed by atoms with Gasteiger partial charge >= 0.3 is 0 Å². The lowest BCUT2D eigenvalue weighted by atomic mass is 10.2. The Bertz CT molecular complexity index is 1620. The highest BCUT2D eigenvalue weighted by Gasteiger charge is 2.20. The van der Waals surface area contributed by atoms with E-state index in [1.54, 1.807) is 11.5 Å². The van der Waals surface area contributed by atoms with Gasteiger partial charge in [-0.2, -0.15) is 0 Å². The number of sulfonamides is 1. The molecule has 0 aliphatic heterocycles. The smallest absolute Gasteiger partial charge is 0.251 e. The second-order valence-electron chi connectivity index (χ2n) is 8.62. The van der Waals surface area contributed by atoms with E-state index in [0.29, 0.717) is 34.2 Å². The molecule has 0 radical (unpaired) electrons. The maximum atomic E-state index is 12.9. The number of hydrogen-bond donors (Lipinski definition) is 2. The number of benzene rings is 2. The number of nitrogens with one attached hydrogen (secondary N) is 2. The summed E-state index contributed by atoms with van der Waals surface area (Å²) in [5, 5.41) is 23.4. The summed E-state index contributed by atoms with van der Waals surface area (Å²) in [5.41, 5.74) is 0.997. The number of rotatable bonds is 12. The van der Waals surface area contributed by atoms with Crippen LogP contribution in [0.1, 0.15) is 28.1 Å². The number of carbonyl (C=O) groups is 2. The van der Waals surface area contributed by atoms with Crippen molar-refractivity contribution in [2.75, 3.05) is 31.8 Å². The summed E-state index contributed by atoms with van der Waals surface area (Å²) in [6.07, 6.45) is 0. The Labute approximate surface area is 245 Å². The molecule has 2 aromatic heterocycles. The van der Waals surface area contributed by atoms with Gasteiger partial charge in [-0.25, -0.2) is 12.7 Å². The van der Waals surface area contributed by atoms with Crippen molar-refractivity contribution in [3.05, 3.63) is 64.9 Å². The molecule has 0 aliphatic carbocycles. The standard InChI is InChI=1S/C25H28N8O5S3/c1-5-38-19-10-8-18(9-11-19)33-21(29-31-25(33)39-15-22(34)27-24-30-28-16(2)40-24)14-26-23(35)17-6-12-20(13-7-17)41(36,37)32(3)4/h6-13H,5,14-15H2,1-4H3,(H,26,35)(H,27,30,34). The van der Waals surface area contributed by atoms with Crippen molar-refractivity contribution in [1.82, 2.24) is 34.6 Å². The van der Waals surface area contributed by atoms with Gasteiger partial charge in [0.25, 0.3) is 5.91 Å². The second-order valence-corrected chi connectivity index (χ2v) is 12.9. The molecular formula is C25H28N8O5S3. The molecule has 0 atom stereocenters. The predicted octanol–water partition coefficient (Wildman–Crippen LogP) is 2.74. The molecule has 13 nitrogen and oxygen atoms in total. The van der Waals surface area contributed by atoms with Gasteiger partial charge < -0.3 is 10.1 Å². The number of ether oxygens (including phenoxy) is 1. The van der Waals surface area contributed by atoms with Crippen molar-refractivity contribution >= 4 is 50.1 Å². The predicted molar refractivity (Wildman–Crippen MR) is 155 cm³/mol. The van der Waals surface area contributed by atoms with Crippen LogP contribution < -0.4 is 15.4 Å². The highest BCUT2D eigenvalue weighted by atomic mass is 32.2. The summed E-state index contributed by atoms with van der Waals surface area (Å²) in [7, 11) is -0.731. The summed E-state index contributed by atoms with van der Waals surface area (Å²) >= 11 is 2.45. The molecule has 0 unspecified atom stereocenters. The Morgan fingerprint density at radius 2 is 1.73 bits per heavy atom. The lowest BCUT2D eigenvalue weighted by Gasteiger charge is -2.13. The average Bonchev–Trinajstić information content (AvgIpc) is 3.56. The summed E-state index contributed by atoms with van der Waals surface area (Å²) < 4.78 is 33.0.